The smallest absolute Gasteiger partial charge is 0.258 e. The van der Waals surface area contributed by atoms with Crippen LogP contribution < -0.4 is 10.5 Å². The number of H-pyrrole nitrogens is 1. The van der Waals surface area contributed by atoms with E-state index >= 15 is 0 Å². The first kappa shape index (κ1) is 19.6. The number of pyridine rings is 2. The van der Waals surface area contributed by atoms with Crippen LogP contribution in [0.5, 0.6) is 0 Å². The summed E-state index contributed by atoms with van der Waals surface area (Å²) in [5.41, 5.74) is 5.58. The first-order valence-corrected chi connectivity index (χ1v) is 9.84. The number of amides is 1. The third kappa shape index (κ3) is 3.87. The van der Waals surface area contributed by atoms with E-state index in [0.29, 0.717) is 11.1 Å². The van der Waals surface area contributed by atoms with Crippen molar-refractivity contribution in [3.05, 3.63) is 105 Å². The van der Waals surface area contributed by atoms with Gasteiger partial charge in [-0.25, -0.2) is 0 Å². The number of anilines is 1. The van der Waals surface area contributed by atoms with E-state index in [1.54, 1.807) is 29.4 Å². The zero-order valence-corrected chi connectivity index (χ0v) is 17.3. The number of carbonyl (C=O) groups excluding carboxylic acids is 1. The lowest BCUT2D eigenvalue weighted by atomic mass is 10.1. The molecule has 4 aromatic rings. The van der Waals surface area contributed by atoms with Gasteiger partial charge in [-0.2, -0.15) is 0 Å². The van der Waals surface area contributed by atoms with Gasteiger partial charge in [0.15, 0.2) is 0 Å². The molecule has 0 aliphatic rings. The van der Waals surface area contributed by atoms with Crippen molar-refractivity contribution in [3.8, 4) is 0 Å². The van der Waals surface area contributed by atoms with Crippen molar-refractivity contribution in [3.63, 3.8) is 0 Å². The van der Waals surface area contributed by atoms with Gasteiger partial charge >= 0.3 is 0 Å². The number of nitrogens with one attached hydrogen (secondary N) is 1. The Balaban J connectivity index is 1.83. The fourth-order valence-electron chi connectivity index (χ4n) is 3.59. The molecule has 0 saturated carbocycles. The van der Waals surface area contributed by atoms with Crippen LogP contribution in [-0.2, 0) is 6.54 Å². The molecule has 0 spiro atoms. The highest BCUT2D eigenvalue weighted by atomic mass is 16.2. The molecule has 5 heteroatoms. The van der Waals surface area contributed by atoms with Gasteiger partial charge in [-0.15, -0.1) is 0 Å². The molecule has 0 atom stereocenters. The van der Waals surface area contributed by atoms with E-state index in [1.807, 2.05) is 63.2 Å². The molecule has 0 radical (unpaired) electrons. The Hall–Kier alpha value is -3.73. The zero-order valence-electron chi connectivity index (χ0n) is 17.3. The van der Waals surface area contributed by atoms with Crippen molar-refractivity contribution < 1.29 is 4.79 Å². The van der Waals surface area contributed by atoms with Crippen LogP contribution >= 0.6 is 0 Å². The molecule has 4 rings (SSSR count). The lowest BCUT2D eigenvalue weighted by Gasteiger charge is -2.25. The van der Waals surface area contributed by atoms with Gasteiger partial charge < -0.3 is 9.88 Å². The molecule has 0 aliphatic carbocycles. The van der Waals surface area contributed by atoms with Gasteiger partial charge in [-0.05, 0) is 73.7 Å². The maximum atomic E-state index is 13.4. The van der Waals surface area contributed by atoms with Gasteiger partial charge in [-0.3, -0.25) is 14.6 Å². The molecular formula is C25H23N3O2. The van der Waals surface area contributed by atoms with Crippen molar-refractivity contribution in [2.24, 2.45) is 0 Å². The van der Waals surface area contributed by atoms with E-state index in [4.69, 9.17) is 0 Å². The van der Waals surface area contributed by atoms with E-state index in [2.05, 4.69) is 9.97 Å². The highest BCUT2D eigenvalue weighted by molar-refractivity contribution is 6.06. The zero-order chi connectivity index (χ0) is 21.3. The average Bonchev–Trinajstić information content (AvgIpc) is 2.74. The summed E-state index contributed by atoms with van der Waals surface area (Å²) in [5, 5.41) is 0.946. The van der Waals surface area contributed by atoms with Crippen molar-refractivity contribution in [1.29, 1.82) is 0 Å². The predicted molar refractivity (Wildman–Crippen MR) is 120 cm³/mol. The maximum Gasteiger partial charge on any atom is 0.258 e. The molecule has 0 aliphatic heterocycles. The fraction of sp³-hybridized carbons (Fsp3) is 0.160. The normalized spacial score (nSPS) is 10.9. The molecular weight excluding hydrogens is 374 g/mol. The van der Waals surface area contributed by atoms with Crippen LogP contribution in [0.15, 0.2) is 71.8 Å². The molecule has 0 fully saturated rings. The number of fused-ring (bicyclic) bond motifs is 1. The fourth-order valence-corrected chi connectivity index (χ4v) is 3.59. The van der Waals surface area contributed by atoms with Crippen LogP contribution in [0.2, 0.25) is 0 Å². The number of nitrogens with zero attached hydrogens (tertiary/aromatic N) is 2. The van der Waals surface area contributed by atoms with E-state index in [-0.39, 0.29) is 18.0 Å². The molecule has 1 amide bonds. The van der Waals surface area contributed by atoms with Gasteiger partial charge in [-0.1, -0.05) is 23.8 Å². The molecule has 0 unspecified atom stereocenters. The predicted octanol–water partition coefficient (Wildman–Crippen LogP) is 4.70. The second kappa shape index (κ2) is 7.95. The van der Waals surface area contributed by atoms with Crippen molar-refractivity contribution in [2.75, 3.05) is 4.90 Å². The number of benzene rings is 2. The first-order chi connectivity index (χ1) is 14.4. The molecule has 2 aromatic heterocycles. The molecule has 5 nitrogen and oxygen atoms in total. The summed E-state index contributed by atoms with van der Waals surface area (Å²) < 4.78 is 0. The number of rotatable bonds is 4. The summed E-state index contributed by atoms with van der Waals surface area (Å²) in [7, 11) is 0. The second-order valence-electron chi connectivity index (χ2n) is 7.63. The highest BCUT2D eigenvalue weighted by Gasteiger charge is 2.21. The van der Waals surface area contributed by atoms with Crippen LogP contribution in [0.1, 0.15) is 32.6 Å². The Labute approximate surface area is 175 Å². The number of hydrogen-bond donors (Lipinski definition) is 1. The third-order valence-electron chi connectivity index (χ3n) is 5.23. The minimum absolute atomic E-state index is 0.171. The van der Waals surface area contributed by atoms with Gasteiger partial charge in [0.25, 0.3) is 11.5 Å². The number of aromatic amines is 1. The number of hydrogen-bond acceptors (Lipinski definition) is 3. The van der Waals surface area contributed by atoms with Crippen LogP contribution in [0, 0.1) is 20.8 Å². The van der Waals surface area contributed by atoms with Crippen LogP contribution in [0.4, 0.5) is 5.69 Å². The standard InChI is InChI=1S/C25H23N3O2/c1-16-5-7-22-20(12-16)14-21(24(29)27-22)15-28(23-13-17(2)4-6-18(23)3)25(30)19-8-10-26-11-9-19/h4-14H,15H2,1-3H3,(H,27,29). The van der Waals surface area contributed by atoms with Gasteiger partial charge in [0.05, 0.1) is 6.54 Å². The van der Waals surface area contributed by atoms with Gasteiger partial charge in [0.2, 0.25) is 0 Å². The molecule has 2 heterocycles. The largest absolute Gasteiger partial charge is 0.322 e. The van der Waals surface area contributed by atoms with Crippen molar-refractivity contribution in [1.82, 2.24) is 9.97 Å². The van der Waals surface area contributed by atoms with E-state index < -0.39 is 0 Å². The molecule has 0 saturated heterocycles. The van der Waals surface area contributed by atoms with Gasteiger partial charge in [0, 0.05) is 34.7 Å². The summed E-state index contributed by atoms with van der Waals surface area (Å²) in [4.78, 5) is 34.8. The van der Waals surface area contributed by atoms with Crippen molar-refractivity contribution >= 4 is 22.5 Å². The summed E-state index contributed by atoms with van der Waals surface area (Å²) in [5.74, 6) is -0.171. The third-order valence-corrected chi connectivity index (χ3v) is 5.23. The monoisotopic (exact) mass is 397 g/mol. The summed E-state index contributed by atoms with van der Waals surface area (Å²) >= 11 is 0. The van der Waals surface area contributed by atoms with E-state index in [0.717, 1.165) is 33.3 Å². The second-order valence-corrected chi connectivity index (χ2v) is 7.63. The maximum absolute atomic E-state index is 13.4. The van der Waals surface area contributed by atoms with Crippen LogP contribution in [0.3, 0.4) is 0 Å². The lowest BCUT2D eigenvalue weighted by molar-refractivity contribution is 0.0985. The summed E-state index contributed by atoms with van der Waals surface area (Å²) in [6.45, 7) is 6.14. The van der Waals surface area contributed by atoms with Crippen molar-refractivity contribution in [2.45, 2.75) is 27.3 Å². The topological polar surface area (TPSA) is 66.1 Å². The quantitative estimate of drug-likeness (QED) is 0.543. The molecule has 2 aromatic carbocycles. The van der Waals surface area contributed by atoms with Crippen LogP contribution in [-0.4, -0.2) is 15.9 Å². The molecule has 30 heavy (non-hydrogen) atoms. The average molecular weight is 397 g/mol. The minimum atomic E-state index is -0.191. The molecule has 0 bridgehead atoms. The highest BCUT2D eigenvalue weighted by Crippen LogP contribution is 2.25. The summed E-state index contributed by atoms with van der Waals surface area (Å²) in [6, 6.07) is 17.1. The van der Waals surface area contributed by atoms with Gasteiger partial charge in [0.1, 0.15) is 0 Å². The lowest BCUT2D eigenvalue weighted by Crippen LogP contribution is -2.33. The molecule has 150 valence electrons. The SMILES string of the molecule is Cc1ccc(C)c(N(Cc2cc3cc(C)ccc3[nH]c2=O)C(=O)c2ccncc2)c1. The number of aromatic nitrogens is 2. The Bertz CT molecular complexity index is 1290. The minimum Gasteiger partial charge on any atom is -0.322 e. The number of carbonyl (C=O) groups is 1. The van der Waals surface area contributed by atoms with E-state index in [1.165, 1.54) is 0 Å². The van der Waals surface area contributed by atoms with E-state index in [9.17, 15) is 9.59 Å². The number of aryl methyl sites for hydroxylation is 3. The Morgan fingerprint density at radius 3 is 2.40 bits per heavy atom. The summed E-state index contributed by atoms with van der Waals surface area (Å²) in [6.07, 6.45) is 3.19. The Morgan fingerprint density at radius 1 is 0.933 bits per heavy atom. The molecule has 1 N–H and O–H groups in total. The Morgan fingerprint density at radius 2 is 1.63 bits per heavy atom. The Kier molecular flexibility index (Phi) is 5.19. The van der Waals surface area contributed by atoms with Crippen LogP contribution in [0.25, 0.3) is 10.9 Å². The first-order valence-electron chi connectivity index (χ1n) is 9.84.